The van der Waals surface area contributed by atoms with Crippen LogP contribution in [0.25, 0.3) is 0 Å². The molecule has 0 N–H and O–H groups in total. The van der Waals surface area contributed by atoms with Gasteiger partial charge in [0.25, 0.3) is 0 Å². The molecule has 0 radical (unpaired) electrons. The van der Waals surface area contributed by atoms with Crippen LogP contribution in [0.15, 0.2) is 5.38 Å². The molecule has 0 saturated carbocycles. The van der Waals surface area contributed by atoms with Gasteiger partial charge in [0.2, 0.25) is 0 Å². The van der Waals surface area contributed by atoms with Gasteiger partial charge in [-0.3, -0.25) is 0 Å². The molecule has 0 saturated heterocycles. The Hall–Kier alpha value is -0.790. The zero-order valence-corrected chi connectivity index (χ0v) is 11.8. The van der Waals surface area contributed by atoms with Gasteiger partial charge in [-0.1, -0.05) is 11.2 Å². The summed E-state index contributed by atoms with van der Waals surface area (Å²) in [5.74, 6) is 0.188. The fraction of sp³-hybridized carbons (Fsp3) is 0.600. The van der Waals surface area contributed by atoms with Gasteiger partial charge in [-0.2, -0.15) is 0 Å². The Bertz CT molecular complexity index is 368. The Morgan fingerprint density at radius 1 is 1.71 bits per heavy atom. The summed E-state index contributed by atoms with van der Waals surface area (Å²) in [4.78, 5) is 17.5. The number of rotatable bonds is 6. The molecule has 1 atom stereocenters. The highest BCUT2D eigenvalue weighted by Crippen LogP contribution is 2.19. The average molecular weight is 276 g/mol. The molecule has 0 aromatic carbocycles. The van der Waals surface area contributed by atoms with E-state index in [1.165, 1.54) is 11.3 Å². The molecule has 0 fully saturated rings. The molecule has 0 aliphatic rings. The fourth-order valence-corrected chi connectivity index (χ4v) is 2.42. The van der Waals surface area contributed by atoms with Crippen LogP contribution in [0.4, 0.5) is 5.13 Å². The molecule has 17 heavy (non-hydrogen) atoms. The van der Waals surface area contributed by atoms with Crippen molar-refractivity contribution in [2.24, 2.45) is 0 Å². The number of hydrogen-bond acceptors (Lipinski definition) is 6. The highest BCUT2D eigenvalue weighted by Gasteiger charge is 2.14. The van der Waals surface area contributed by atoms with Crippen LogP contribution in [0.2, 0.25) is 0 Å². The van der Waals surface area contributed by atoms with Gasteiger partial charge in [0.1, 0.15) is 5.75 Å². The first-order chi connectivity index (χ1) is 8.04. The second kappa shape index (κ2) is 6.83. The van der Waals surface area contributed by atoms with E-state index in [1.807, 2.05) is 11.9 Å². The van der Waals surface area contributed by atoms with Crippen LogP contribution in [0.5, 0.6) is 0 Å². The molecule has 0 spiro atoms. The molecule has 96 valence electrons. The highest BCUT2D eigenvalue weighted by molar-refractivity contribution is 7.90. The summed E-state index contributed by atoms with van der Waals surface area (Å²) in [7, 11) is 1.86. The van der Waals surface area contributed by atoms with Gasteiger partial charge in [-0.15, -0.1) is 11.3 Å². The number of hydrogen-bond donors (Lipinski definition) is 0. The van der Waals surface area contributed by atoms with E-state index in [2.05, 4.69) is 4.98 Å². The summed E-state index contributed by atoms with van der Waals surface area (Å²) in [6.45, 7) is 2.75. The van der Waals surface area contributed by atoms with Gasteiger partial charge in [-0.25, -0.2) is 9.78 Å². The van der Waals surface area contributed by atoms with Crippen LogP contribution >= 0.6 is 11.3 Å². The summed E-state index contributed by atoms with van der Waals surface area (Å²) in [6, 6.07) is 0. The zero-order valence-electron chi connectivity index (χ0n) is 10.1. The standard InChI is InChI=1S/C10H16N2O3S2/c1-4-15-9(13)8-7-16-10(11-8)12(2)5-6-17(3)14/h7H,4-6H2,1-3H3. The first-order valence-corrected chi connectivity index (χ1v) is 7.79. The predicted molar refractivity (Wildman–Crippen MR) is 70.3 cm³/mol. The molecule has 1 unspecified atom stereocenters. The third-order valence-electron chi connectivity index (χ3n) is 2.02. The third-order valence-corrected chi connectivity index (χ3v) is 3.73. The maximum atomic E-state index is 11.4. The summed E-state index contributed by atoms with van der Waals surface area (Å²) < 4.78 is 15.8. The third kappa shape index (κ3) is 4.53. The molecule has 0 aliphatic heterocycles. The van der Waals surface area contributed by atoms with Crippen molar-refractivity contribution in [3.8, 4) is 0 Å². The second-order valence-corrected chi connectivity index (χ2v) is 5.83. The van der Waals surface area contributed by atoms with Crippen LogP contribution in [0.1, 0.15) is 17.4 Å². The summed E-state index contributed by atoms with van der Waals surface area (Å²) >= 11 is 0.557. The van der Waals surface area contributed by atoms with Crippen LogP contribution in [0.3, 0.4) is 0 Å². The lowest BCUT2D eigenvalue weighted by atomic mass is 10.5. The first-order valence-electron chi connectivity index (χ1n) is 5.18. The number of nitrogens with zero attached hydrogens (tertiary/aromatic N) is 2. The number of anilines is 1. The van der Waals surface area contributed by atoms with E-state index in [0.29, 0.717) is 24.6 Å². The van der Waals surface area contributed by atoms with Crippen molar-refractivity contribution in [1.82, 2.24) is 4.98 Å². The van der Waals surface area contributed by atoms with Crippen molar-refractivity contribution < 1.29 is 14.1 Å². The van der Waals surface area contributed by atoms with Gasteiger partial charge in [0.15, 0.2) is 10.8 Å². The minimum Gasteiger partial charge on any atom is -0.617 e. The molecule has 7 heteroatoms. The van der Waals surface area contributed by atoms with Crippen molar-refractivity contribution >= 4 is 33.6 Å². The quantitative estimate of drug-likeness (QED) is 0.576. The second-order valence-electron chi connectivity index (χ2n) is 3.43. The Morgan fingerprint density at radius 2 is 2.41 bits per heavy atom. The van der Waals surface area contributed by atoms with E-state index in [0.717, 1.165) is 5.13 Å². The van der Waals surface area contributed by atoms with Crippen molar-refractivity contribution in [2.45, 2.75) is 6.92 Å². The normalized spacial score (nSPS) is 12.2. The molecule has 1 rings (SSSR count). The number of thiazole rings is 1. The minimum absolute atomic E-state index is 0.330. The largest absolute Gasteiger partial charge is 0.617 e. The van der Waals surface area contributed by atoms with Gasteiger partial charge < -0.3 is 14.2 Å². The molecule has 1 aromatic rings. The van der Waals surface area contributed by atoms with Crippen LogP contribution in [-0.4, -0.2) is 47.7 Å². The van der Waals surface area contributed by atoms with Crippen LogP contribution in [0, 0.1) is 0 Å². The molecule has 1 aromatic heterocycles. The van der Waals surface area contributed by atoms with E-state index in [1.54, 1.807) is 18.6 Å². The van der Waals surface area contributed by atoms with Gasteiger partial charge in [0.05, 0.1) is 19.4 Å². The van der Waals surface area contributed by atoms with Crippen molar-refractivity contribution in [2.75, 3.05) is 37.1 Å². The first kappa shape index (κ1) is 14.3. The van der Waals surface area contributed by atoms with E-state index in [-0.39, 0.29) is 0 Å². The fourth-order valence-electron chi connectivity index (χ4n) is 1.10. The van der Waals surface area contributed by atoms with Crippen molar-refractivity contribution in [3.63, 3.8) is 0 Å². The monoisotopic (exact) mass is 276 g/mol. The highest BCUT2D eigenvalue weighted by atomic mass is 32.2. The number of carbonyl (C=O) groups is 1. The lowest BCUT2D eigenvalue weighted by molar-refractivity contribution is 0.0520. The molecular weight excluding hydrogens is 260 g/mol. The molecule has 1 heterocycles. The topological polar surface area (TPSA) is 65.5 Å². The Kier molecular flexibility index (Phi) is 5.73. The Labute approximate surface area is 108 Å². The number of esters is 1. The van der Waals surface area contributed by atoms with Gasteiger partial charge >= 0.3 is 5.97 Å². The number of ether oxygens (including phenoxy) is 1. The van der Waals surface area contributed by atoms with E-state index >= 15 is 0 Å². The maximum Gasteiger partial charge on any atom is 0.357 e. The maximum absolute atomic E-state index is 11.4. The van der Waals surface area contributed by atoms with Gasteiger partial charge in [0, 0.05) is 12.4 Å². The van der Waals surface area contributed by atoms with E-state index < -0.39 is 17.1 Å². The minimum atomic E-state index is -0.821. The number of carbonyl (C=O) groups excluding carboxylic acids is 1. The lowest BCUT2D eigenvalue weighted by Gasteiger charge is -2.15. The van der Waals surface area contributed by atoms with E-state index in [9.17, 15) is 9.35 Å². The van der Waals surface area contributed by atoms with Crippen LogP contribution < -0.4 is 4.90 Å². The zero-order chi connectivity index (χ0) is 12.8. The smallest absolute Gasteiger partial charge is 0.357 e. The van der Waals surface area contributed by atoms with E-state index in [4.69, 9.17) is 4.74 Å². The van der Waals surface area contributed by atoms with Gasteiger partial charge in [-0.05, 0) is 6.92 Å². The predicted octanol–water partition coefficient (Wildman–Crippen LogP) is 1.13. The molecular formula is C10H16N2O3S2. The summed E-state index contributed by atoms with van der Waals surface area (Å²) in [5, 5.41) is 2.41. The van der Waals surface area contributed by atoms with Crippen LogP contribution in [-0.2, 0) is 15.9 Å². The van der Waals surface area contributed by atoms with Crippen molar-refractivity contribution in [1.29, 1.82) is 0 Å². The summed E-state index contributed by atoms with van der Waals surface area (Å²) in [6.07, 6.45) is 1.67. The Morgan fingerprint density at radius 3 is 3.00 bits per heavy atom. The number of aromatic nitrogens is 1. The molecule has 0 aliphatic carbocycles. The molecule has 5 nitrogen and oxygen atoms in total. The summed E-state index contributed by atoms with van der Waals surface area (Å²) in [5.41, 5.74) is 0.330. The molecule has 0 amide bonds. The average Bonchev–Trinajstić information content (AvgIpc) is 2.75. The van der Waals surface area contributed by atoms with Crippen molar-refractivity contribution in [3.05, 3.63) is 11.1 Å². The SMILES string of the molecule is CCOC(=O)c1csc(N(C)CC[S+](C)[O-])n1. The Balaban J connectivity index is 2.57. The lowest BCUT2D eigenvalue weighted by Crippen LogP contribution is -2.24. The molecule has 0 bridgehead atoms.